The van der Waals surface area contributed by atoms with Crippen molar-refractivity contribution in [3.05, 3.63) is 0 Å². The highest BCUT2D eigenvalue weighted by Gasteiger charge is 2.24. The third-order valence-corrected chi connectivity index (χ3v) is 4.20. The molecule has 2 unspecified atom stereocenters. The largest absolute Gasteiger partial charge is 0.328 e. The van der Waals surface area contributed by atoms with E-state index in [4.69, 9.17) is 5.73 Å². The van der Waals surface area contributed by atoms with Gasteiger partial charge in [0.05, 0.1) is 0 Å². The predicted octanol–water partition coefficient (Wildman–Crippen LogP) is 2.24. The molecule has 0 heterocycles. The standard InChI is InChI=1S/C13H26N2/c1-15(9-11-4-2-3-5-11)10-12-6-7-13(14)8-12/h11-13H,2-10,14H2,1H3. The Balaban J connectivity index is 1.65. The van der Waals surface area contributed by atoms with Gasteiger partial charge in [-0.15, -0.1) is 0 Å². The maximum absolute atomic E-state index is 5.95. The molecule has 0 aromatic rings. The molecular weight excluding hydrogens is 184 g/mol. The summed E-state index contributed by atoms with van der Waals surface area (Å²) in [5.41, 5.74) is 5.95. The van der Waals surface area contributed by atoms with Crippen LogP contribution in [0.5, 0.6) is 0 Å². The van der Waals surface area contributed by atoms with Gasteiger partial charge in [-0.1, -0.05) is 12.8 Å². The van der Waals surface area contributed by atoms with Gasteiger partial charge in [0, 0.05) is 19.1 Å². The highest BCUT2D eigenvalue weighted by atomic mass is 15.1. The molecule has 0 saturated heterocycles. The van der Waals surface area contributed by atoms with Crippen LogP contribution < -0.4 is 5.73 Å². The molecule has 2 rings (SSSR count). The van der Waals surface area contributed by atoms with E-state index in [2.05, 4.69) is 11.9 Å². The summed E-state index contributed by atoms with van der Waals surface area (Å²) in [5, 5.41) is 0. The van der Waals surface area contributed by atoms with Gasteiger partial charge in [-0.25, -0.2) is 0 Å². The molecule has 2 N–H and O–H groups in total. The first-order chi connectivity index (χ1) is 7.24. The molecule has 0 amide bonds. The fraction of sp³-hybridized carbons (Fsp3) is 1.00. The molecule has 0 radical (unpaired) electrons. The zero-order valence-corrected chi connectivity index (χ0v) is 10.1. The molecule has 2 nitrogen and oxygen atoms in total. The van der Waals surface area contributed by atoms with E-state index in [1.807, 2.05) is 0 Å². The molecule has 0 aromatic carbocycles. The van der Waals surface area contributed by atoms with Gasteiger partial charge in [-0.2, -0.15) is 0 Å². The maximum Gasteiger partial charge on any atom is 0.00420 e. The van der Waals surface area contributed by atoms with Gasteiger partial charge < -0.3 is 10.6 Å². The zero-order chi connectivity index (χ0) is 10.7. The molecule has 0 aliphatic heterocycles. The van der Waals surface area contributed by atoms with Gasteiger partial charge in [0.2, 0.25) is 0 Å². The van der Waals surface area contributed by atoms with Crippen LogP contribution in [0.3, 0.4) is 0 Å². The van der Waals surface area contributed by atoms with Gasteiger partial charge in [0.15, 0.2) is 0 Å². The normalized spacial score (nSPS) is 33.0. The van der Waals surface area contributed by atoms with Gasteiger partial charge in [-0.3, -0.25) is 0 Å². The Morgan fingerprint density at radius 3 is 2.27 bits per heavy atom. The molecular formula is C13H26N2. The summed E-state index contributed by atoms with van der Waals surface area (Å²) in [6.07, 6.45) is 9.73. The molecule has 0 aromatic heterocycles. The van der Waals surface area contributed by atoms with Gasteiger partial charge in [-0.05, 0) is 51.0 Å². The van der Waals surface area contributed by atoms with Crippen LogP contribution in [0, 0.1) is 11.8 Å². The lowest BCUT2D eigenvalue weighted by molar-refractivity contribution is 0.239. The van der Waals surface area contributed by atoms with Gasteiger partial charge in [0.25, 0.3) is 0 Å². The Labute approximate surface area is 94.2 Å². The van der Waals surface area contributed by atoms with Crippen LogP contribution in [-0.2, 0) is 0 Å². The van der Waals surface area contributed by atoms with E-state index in [0.29, 0.717) is 6.04 Å². The van der Waals surface area contributed by atoms with Crippen molar-refractivity contribution in [3.8, 4) is 0 Å². The monoisotopic (exact) mass is 210 g/mol. The minimum absolute atomic E-state index is 0.495. The first-order valence-electron chi connectivity index (χ1n) is 6.68. The lowest BCUT2D eigenvalue weighted by Crippen LogP contribution is -2.29. The van der Waals surface area contributed by atoms with Crippen molar-refractivity contribution < 1.29 is 0 Å². The summed E-state index contributed by atoms with van der Waals surface area (Å²) in [7, 11) is 2.29. The second kappa shape index (κ2) is 5.31. The average Bonchev–Trinajstić information content (AvgIpc) is 2.77. The number of hydrogen-bond acceptors (Lipinski definition) is 2. The van der Waals surface area contributed by atoms with Crippen molar-refractivity contribution in [2.75, 3.05) is 20.1 Å². The van der Waals surface area contributed by atoms with E-state index in [0.717, 1.165) is 11.8 Å². The quantitative estimate of drug-likeness (QED) is 0.771. The van der Waals surface area contributed by atoms with Gasteiger partial charge in [0.1, 0.15) is 0 Å². The molecule has 2 saturated carbocycles. The molecule has 0 bridgehead atoms. The lowest BCUT2D eigenvalue weighted by atomic mass is 10.0. The fourth-order valence-corrected chi connectivity index (χ4v) is 3.43. The van der Waals surface area contributed by atoms with Crippen LogP contribution in [0.25, 0.3) is 0 Å². The van der Waals surface area contributed by atoms with Crippen LogP contribution in [-0.4, -0.2) is 31.1 Å². The van der Waals surface area contributed by atoms with Crippen LogP contribution in [0.4, 0.5) is 0 Å². The Kier molecular flexibility index (Phi) is 4.04. The van der Waals surface area contributed by atoms with Crippen LogP contribution in [0.1, 0.15) is 44.9 Å². The van der Waals surface area contributed by atoms with Crippen LogP contribution in [0.15, 0.2) is 0 Å². The van der Waals surface area contributed by atoms with Crippen molar-refractivity contribution in [2.24, 2.45) is 17.6 Å². The Hall–Kier alpha value is -0.0800. The Morgan fingerprint density at radius 1 is 1.00 bits per heavy atom. The van der Waals surface area contributed by atoms with Crippen molar-refractivity contribution in [3.63, 3.8) is 0 Å². The zero-order valence-electron chi connectivity index (χ0n) is 10.1. The Morgan fingerprint density at radius 2 is 1.67 bits per heavy atom. The van der Waals surface area contributed by atoms with Crippen molar-refractivity contribution in [1.82, 2.24) is 4.90 Å². The minimum Gasteiger partial charge on any atom is -0.328 e. The molecule has 2 aliphatic rings. The average molecular weight is 210 g/mol. The number of rotatable bonds is 4. The van der Waals surface area contributed by atoms with E-state index >= 15 is 0 Å². The highest BCUT2D eigenvalue weighted by molar-refractivity contribution is 4.80. The third kappa shape index (κ3) is 3.46. The minimum atomic E-state index is 0.495. The summed E-state index contributed by atoms with van der Waals surface area (Å²) in [5.74, 6) is 1.87. The lowest BCUT2D eigenvalue weighted by Gasteiger charge is -2.23. The molecule has 2 aliphatic carbocycles. The van der Waals surface area contributed by atoms with Gasteiger partial charge >= 0.3 is 0 Å². The van der Waals surface area contributed by atoms with Crippen LogP contribution >= 0.6 is 0 Å². The van der Waals surface area contributed by atoms with Crippen molar-refractivity contribution in [1.29, 1.82) is 0 Å². The molecule has 2 atom stereocenters. The topological polar surface area (TPSA) is 29.3 Å². The van der Waals surface area contributed by atoms with E-state index < -0.39 is 0 Å². The Bertz CT molecular complexity index is 187. The summed E-state index contributed by atoms with van der Waals surface area (Å²) < 4.78 is 0. The molecule has 2 heteroatoms. The van der Waals surface area contributed by atoms with E-state index in [1.54, 1.807) is 0 Å². The smallest absolute Gasteiger partial charge is 0.00420 e. The fourth-order valence-electron chi connectivity index (χ4n) is 3.43. The first-order valence-corrected chi connectivity index (χ1v) is 6.68. The van der Waals surface area contributed by atoms with E-state index in [-0.39, 0.29) is 0 Å². The highest BCUT2D eigenvalue weighted by Crippen LogP contribution is 2.27. The summed E-state index contributed by atoms with van der Waals surface area (Å²) in [4.78, 5) is 2.55. The van der Waals surface area contributed by atoms with Crippen molar-refractivity contribution in [2.45, 2.75) is 51.0 Å². The number of nitrogens with two attached hydrogens (primary N) is 1. The SMILES string of the molecule is CN(CC1CCCC1)CC1CCC(N)C1. The molecule has 0 spiro atoms. The maximum atomic E-state index is 5.95. The summed E-state index contributed by atoms with van der Waals surface area (Å²) >= 11 is 0. The number of nitrogens with zero attached hydrogens (tertiary/aromatic N) is 1. The van der Waals surface area contributed by atoms with E-state index in [9.17, 15) is 0 Å². The second-order valence-electron chi connectivity index (χ2n) is 5.81. The molecule has 88 valence electrons. The number of hydrogen-bond donors (Lipinski definition) is 1. The summed E-state index contributed by atoms with van der Waals surface area (Å²) in [6, 6.07) is 0.495. The third-order valence-electron chi connectivity index (χ3n) is 4.20. The van der Waals surface area contributed by atoms with Crippen LogP contribution in [0.2, 0.25) is 0 Å². The molecule has 15 heavy (non-hydrogen) atoms. The summed E-state index contributed by atoms with van der Waals surface area (Å²) in [6.45, 7) is 2.61. The first kappa shape index (κ1) is 11.4. The van der Waals surface area contributed by atoms with E-state index in [1.165, 1.54) is 58.0 Å². The predicted molar refractivity (Wildman–Crippen MR) is 64.8 cm³/mol. The second-order valence-corrected chi connectivity index (χ2v) is 5.81. The van der Waals surface area contributed by atoms with Crippen molar-refractivity contribution >= 4 is 0 Å². The molecule has 2 fully saturated rings.